The van der Waals surface area contributed by atoms with Crippen LogP contribution in [-0.2, 0) is 9.47 Å². The third-order valence-corrected chi connectivity index (χ3v) is 3.13. The van der Waals surface area contributed by atoms with Crippen molar-refractivity contribution in [1.82, 2.24) is 5.32 Å². The van der Waals surface area contributed by atoms with E-state index in [0.717, 1.165) is 6.42 Å². The highest BCUT2D eigenvalue weighted by Gasteiger charge is 2.25. The molecule has 0 spiro atoms. The Balaban J connectivity index is 4.09. The lowest BCUT2D eigenvalue weighted by Crippen LogP contribution is -2.45. The van der Waals surface area contributed by atoms with E-state index in [4.69, 9.17) is 9.47 Å². The van der Waals surface area contributed by atoms with Gasteiger partial charge in [0.15, 0.2) is 0 Å². The van der Waals surface area contributed by atoms with Crippen molar-refractivity contribution >= 4 is 22.0 Å². The third kappa shape index (κ3) is 8.44. The Morgan fingerprint density at radius 1 is 1.29 bits per heavy atom. The lowest BCUT2D eigenvalue weighted by atomic mass is 10.1. The van der Waals surface area contributed by atoms with Crippen molar-refractivity contribution in [3.8, 4) is 0 Å². The second-order valence-electron chi connectivity index (χ2n) is 5.29. The largest absolute Gasteiger partial charge is 0.444 e. The lowest BCUT2D eigenvalue weighted by molar-refractivity contribution is -0.0146. The maximum Gasteiger partial charge on any atom is 0.407 e. The third-order valence-electron chi connectivity index (χ3n) is 1.94. The van der Waals surface area contributed by atoms with Crippen molar-refractivity contribution in [2.45, 2.75) is 52.2 Å². The Labute approximate surface area is 113 Å². The van der Waals surface area contributed by atoms with Crippen LogP contribution in [0.4, 0.5) is 4.79 Å². The summed E-state index contributed by atoms with van der Waals surface area (Å²) in [5.74, 6) is 0. The molecule has 102 valence electrons. The molecule has 0 fully saturated rings. The number of carbonyl (C=O) groups is 1. The van der Waals surface area contributed by atoms with Crippen LogP contribution in [0.25, 0.3) is 0 Å². The molecule has 1 N–H and O–H groups in total. The maximum atomic E-state index is 11.5. The Morgan fingerprint density at radius 3 is 2.29 bits per heavy atom. The van der Waals surface area contributed by atoms with Crippen LogP contribution in [-0.4, -0.2) is 35.8 Å². The van der Waals surface area contributed by atoms with Crippen LogP contribution in [0, 0.1) is 0 Å². The summed E-state index contributed by atoms with van der Waals surface area (Å²) in [4.78, 5) is 11.5. The van der Waals surface area contributed by atoms with Gasteiger partial charge in [0.1, 0.15) is 5.60 Å². The van der Waals surface area contributed by atoms with E-state index in [2.05, 4.69) is 28.2 Å². The van der Waals surface area contributed by atoms with Crippen LogP contribution >= 0.6 is 15.9 Å². The van der Waals surface area contributed by atoms with E-state index in [1.165, 1.54) is 0 Å². The van der Waals surface area contributed by atoms with Crippen LogP contribution in [0.2, 0.25) is 0 Å². The van der Waals surface area contributed by atoms with Gasteiger partial charge in [0.2, 0.25) is 0 Å². The molecule has 0 aliphatic rings. The van der Waals surface area contributed by atoms with Gasteiger partial charge in [0, 0.05) is 11.9 Å². The zero-order valence-corrected chi connectivity index (χ0v) is 13.0. The van der Waals surface area contributed by atoms with Crippen molar-refractivity contribution in [1.29, 1.82) is 0 Å². The number of carbonyl (C=O) groups excluding carboxylic acids is 1. The molecule has 5 heteroatoms. The molecule has 0 saturated carbocycles. The number of ether oxygens (including phenoxy) is 2. The van der Waals surface area contributed by atoms with Crippen molar-refractivity contribution in [3.63, 3.8) is 0 Å². The number of hydrogen-bond donors (Lipinski definition) is 1. The summed E-state index contributed by atoms with van der Waals surface area (Å²) in [5, 5.41) is 3.39. The SMILES string of the molecule is CCCOC(C)(CBr)CNC(=O)OC(C)(C)C. The van der Waals surface area contributed by atoms with Gasteiger partial charge in [-0.05, 0) is 34.1 Å². The molecule has 1 atom stereocenters. The number of alkyl halides is 1. The van der Waals surface area contributed by atoms with Crippen LogP contribution in [0.1, 0.15) is 41.0 Å². The minimum atomic E-state index is -0.473. The van der Waals surface area contributed by atoms with E-state index >= 15 is 0 Å². The van der Waals surface area contributed by atoms with Crippen LogP contribution < -0.4 is 5.32 Å². The van der Waals surface area contributed by atoms with Gasteiger partial charge < -0.3 is 14.8 Å². The zero-order valence-electron chi connectivity index (χ0n) is 11.4. The second kappa shape index (κ2) is 7.21. The smallest absolute Gasteiger partial charge is 0.407 e. The number of hydrogen-bond acceptors (Lipinski definition) is 3. The first-order valence-electron chi connectivity index (χ1n) is 5.89. The fraction of sp³-hybridized carbons (Fsp3) is 0.917. The van der Waals surface area contributed by atoms with Gasteiger partial charge in [-0.15, -0.1) is 0 Å². The van der Waals surface area contributed by atoms with Crippen LogP contribution in [0.3, 0.4) is 0 Å². The molecule has 0 heterocycles. The molecule has 0 aliphatic carbocycles. The topological polar surface area (TPSA) is 47.6 Å². The highest BCUT2D eigenvalue weighted by Crippen LogP contribution is 2.14. The van der Waals surface area contributed by atoms with Crippen molar-refractivity contribution in [2.75, 3.05) is 18.5 Å². The van der Waals surface area contributed by atoms with E-state index in [1.807, 2.05) is 27.7 Å². The minimum absolute atomic E-state index is 0.396. The van der Waals surface area contributed by atoms with E-state index in [0.29, 0.717) is 18.5 Å². The summed E-state index contributed by atoms with van der Waals surface area (Å²) in [6.45, 7) is 10.6. The molecule has 1 unspecified atom stereocenters. The fourth-order valence-electron chi connectivity index (χ4n) is 1.06. The molecule has 4 nitrogen and oxygen atoms in total. The van der Waals surface area contributed by atoms with Crippen molar-refractivity contribution in [2.24, 2.45) is 0 Å². The molecule has 0 aromatic rings. The molecule has 0 bridgehead atoms. The van der Waals surface area contributed by atoms with Gasteiger partial charge >= 0.3 is 6.09 Å². The van der Waals surface area contributed by atoms with E-state index in [9.17, 15) is 4.79 Å². The number of nitrogens with one attached hydrogen (secondary N) is 1. The highest BCUT2D eigenvalue weighted by molar-refractivity contribution is 9.09. The lowest BCUT2D eigenvalue weighted by Gasteiger charge is -2.28. The summed E-state index contributed by atoms with van der Waals surface area (Å²) < 4.78 is 10.9. The molecule has 0 aliphatic heterocycles. The first-order chi connectivity index (χ1) is 7.72. The Morgan fingerprint density at radius 2 is 1.88 bits per heavy atom. The van der Waals surface area contributed by atoms with E-state index in [1.54, 1.807) is 0 Å². The first-order valence-corrected chi connectivity index (χ1v) is 7.01. The molecule has 0 aromatic heterocycles. The number of amides is 1. The average molecular weight is 310 g/mol. The van der Waals surface area contributed by atoms with Crippen molar-refractivity contribution in [3.05, 3.63) is 0 Å². The van der Waals surface area contributed by atoms with Gasteiger partial charge in [-0.1, -0.05) is 22.9 Å². The Hall–Kier alpha value is -0.290. The average Bonchev–Trinajstić information content (AvgIpc) is 2.21. The van der Waals surface area contributed by atoms with Gasteiger partial charge in [-0.2, -0.15) is 0 Å². The predicted octanol–water partition coefficient (Wildman–Crippen LogP) is 3.09. The van der Waals surface area contributed by atoms with E-state index in [-0.39, 0.29) is 0 Å². The summed E-state index contributed by atoms with van der Waals surface area (Å²) in [6.07, 6.45) is 0.541. The highest BCUT2D eigenvalue weighted by atomic mass is 79.9. The number of alkyl carbamates (subject to hydrolysis) is 1. The zero-order chi connectivity index (χ0) is 13.5. The Kier molecular flexibility index (Phi) is 7.09. The second-order valence-corrected chi connectivity index (χ2v) is 5.85. The molecule has 1 amide bonds. The minimum Gasteiger partial charge on any atom is -0.444 e. The van der Waals surface area contributed by atoms with E-state index < -0.39 is 17.3 Å². The molecule has 17 heavy (non-hydrogen) atoms. The predicted molar refractivity (Wildman–Crippen MR) is 72.7 cm³/mol. The summed E-state index contributed by atoms with van der Waals surface area (Å²) in [7, 11) is 0. The summed E-state index contributed by atoms with van der Waals surface area (Å²) in [5.41, 5.74) is -0.869. The van der Waals surface area contributed by atoms with Gasteiger partial charge in [-0.3, -0.25) is 0 Å². The molecule has 0 rings (SSSR count). The van der Waals surface area contributed by atoms with Gasteiger partial charge in [-0.25, -0.2) is 4.79 Å². The van der Waals surface area contributed by atoms with Crippen molar-refractivity contribution < 1.29 is 14.3 Å². The van der Waals surface area contributed by atoms with Crippen LogP contribution in [0.5, 0.6) is 0 Å². The normalized spacial score (nSPS) is 15.2. The number of halogens is 1. The number of rotatable bonds is 6. The molecule has 0 aromatic carbocycles. The maximum absolute atomic E-state index is 11.5. The standard InChI is InChI=1S/C12H24BrNO3/c1-6-7-16-12(5,8-13)9-14-10(15)17-11(2,3)4/h6-9H2,1-5H3,(H,14,15). The molecular formula is C12H24BrNO3. The quantitative estimate of drug-likeness (QED) is 0.767. The monoisotopic (exact) mass is 309 g/mol. The molecular weight excluding hydrogens is 286 g/mol. The molecule has 0 saturated heterocycles. The Bertz CT molecular complexity index is 240. The van der Waals surface area contributed by atoms with Gasteiger partial charge in [0.05, 0.1) is 12.1 Å². The molecule has 0 radical (unpaired) electrons. The summed E-state index contributed by atoms with van der Waals surface area (Å²) >= 11 is 3.40. The van der Waals surface area contributed by atoms with Crippen LogP contribution in [0.15, 0.2) is 0 Å². The van der Waals surface area contributed by atoms with Gasteiger partial charge in [0.25, 0.3) is 0 Å². The first kappa shape index (κ1) is 16.7. The summed E-state index contributed by atoms with van der Waals surface area (Å²) in [6, 6.07) is 0. The fourth-order valence-corrected chi connectivity index (χ4v) is 1.42.